The molecule has 0 fully saturated rings. The Bertz CT molecular complexity index is 830. The average molecular weight is 511 g/mol. The first-order valence-corrected chi connectivity index (χ1v) is 16.5. The Hall–Kier alpha value is 0.280. The largest absolute Gasteiger partial charge is 0.142 e. The molecule has 0 nitrogen and oxygen atoms in total. The highest BCUT2D eigenvalue weighted by molar-refractivity contribution is 8.40. The van der Waals surface area contributed by atoms with E-state index < -0.39 is 0 Å². The van der Waals surface area contributed by atoms with Crippen molar-refractivity contribution < 1.29 is 0 Å². The molecule has 0 aromatic carbocycles. The zero-order chi connectivity index (χ0) is 20.8. The molecule has 2 aliphatic rings. The van der Waals surface area contributed by atoms with Gasteiger partial charge in [-0.25, -0.2) is 0 Å². The van der Waals surface area contributed by atoms with Gasteiger partial charge in [0.25, 0.3) is 0 Å². The van der Waals surface area contributed by atoms with Crippen LogP contribution in [0.3, 0.4) is 0 Å². The molecule has 0 spiro atoms. The summed E-state index contributed by atoms with van der Waals surface area (Å²) in [5, 5.41) is 4.52. The average Bonchev–Trinajstić information content (AvgIpc) is 3.50. The van der Waals surface area contributed by atoms with Crippen molar-refractivity contribution in [2.75, 3.05) is 11.5 Å². The van der Waals surface area contributed by atoms with Crippen molar-refractivity contribution in [3.8, 4) is 9.75 Å². The fraction of sp³-hybridized carbons (Fsp3) is 0.500. The first-order valence-electron chi connectivity index (χ1n) is 11.1. The van der Waals surface area contributed by atoms with Crippen molar-refractivity contribution >= 4 is 75.3 Å². The maximum atomic E-state index is 2.34. The van der Waals surface area contributed by atoms with E-state index in [0.717, 1.165) is 0 Å². The quantitative estimate of drug-likeness (QED) is 0.222. The van der Waals surface area contributed by atoms with Crippen LogP contribution in [-0.2, 0) is 0 Å². The van der Waals surface area contributed by atoms with Crippen LogP contribution in [-0.4, -0.2) is 11.5 Å². The van der Waals surface area contributed by atoms with Crippen molar-refractivity contribution in [3.63, 3.8) is 0 Å². The Morgan fingerprint density at radius 2 is 1.17 bits per heavy atom. The number of hydrogen-bond acceptors (Lipinski definition) is 6. The number of unbranched alkanes of at least 4 members (excludes halogenated alkanes) is 6. The van der Waals surface area contributed by atoms with Crippen LogP contribution < -0.4 is 0 Å². The lowest BCUT2D eigenvalue weighted by Crippen LogP contribution is -1.83. The highest BCUT2D eigenvalue weighted by atomic mass is 32.3. The van der Waals surface area contributed by atoms with Gasteiger partial charge in [-0.3, -0.25) is 0 Å². The molecule has 0 amide bonds. The Morgan fingerprint density at radius 1 is 0.667 bits per heavy atom. The lowest BCUT2D eigenvalue weighted by atomic mass is 10.1. The minimum absolute atomic E-state index is 1.26. The number of thioether (sulfide) groups is 4. The van der Waals surface area contributed by atoms with Crippen molar-refractivity contribution in [3.05, 3.63) is 46.7 Å². The first-order chi connectivity index (χ1) is 14.8. The molecule has 0 unspecified atom stereocenters. The van der Waals surface area contributed by atoms with Crippen LogP contribution in [0.4, 0.5) is 0 Å². The summed E-state index contributed by atoms with van der Waals surface area (Å²) in [6.45, 7) is 4.59. The van der Waals surface area contributed by atoms with E-state index in [1.54, 1.807) is 8.47 Å². The summed E-state index contributed by atoms with van der Waals surface area (Å²) in [5.74, 6) is 2.53. The van der Waals surface area contributed by atoms with E-state index in [0.29, 0.717) is 0 Å². The van der Waals surface area contributed by atoms with Gasteiger partial charge in [-0.05, 0) is 47.2 Å². The van der Waals surface area contributed by atoms with Crippen molar-refractivity contribution in [2.24, 2.45) is 0 Å². The molecular formula is C24H30S6. The summed E-state index contributed by atoms with van der Waals surface area (Å²) in [4.78, 5) is 2.97. The first kappa shape index (κ1) is 23.4. The fourth-order valence-electron chi connectivity index (χ4n) is 3.67. The van der Waals surface area contributed by atoms with E-state index in [4.69, 9.17) is 0 Å². The topological polar surface area (TPSA) is 0 Å². The van der Waals surface area contributed by atoms with Crippen LogP contribution in [0.1, 0.15) is 76.3 Å². The molecule has 1 aliphatic heterocycles. The summed E-state index contributed by atoms with van der Waals surface area (Å²) in [7, 11) is 0. The smallest absolute Gasteiger partial charge is 0.0660 e. The molecule has 0 saturated carbocycles. The van der Waals surface area contributed by atoms with Crippen molar-refractivity contribution in [1.82, 2.24) is 0 Å². The van der Waals surface area contributed by atoms with Crippen LogP contribution in [0.15, 0.2) is 35.6 Å². The van der Waals surface area contributed by atoms with Crippen molar-refractivity contribution in [2.45, 2.75) is 65.2 Å². The summed E-state index contributed by atoms with van der Waals surface area (Å²) in [5.41, 5.74) is 4.44. The lowest BCUT2D eigenvalue weighted by Gasteiger charge is -2.05. The molecular weight excluding hydrogens is 481 g/mol. The maximum absolute atomic E-state index is 2.34. The van der Waals surface area contributed by atoms with Gasteiger partial charge in [-0.2, -0.15) is 0 Å². The van der Waals surface area contributed by atoms with Gasteiger partial charge < -0.3 is 0 Å². The van der Waals surface area contributed by atoms with Crippen LogP contribution >= 0.6 is 69.7 Å². The molecule has 0 saturated heterocycles. The van der Waals surface area contributed by atoms with E-state index in [1.165, 1.54) is 93.6 Å². The Morgan fingerprint density at radius 3 is 1.63 bits per heavy atom. The highest BCUT2D eigenvalue weighted by Gasteiger charge is 2.32. The molecule has 0 N–H and O–H groups in total. The lowest BCUT2D eigenvalue weighted by molar-refractivity contribution is 0.707. The second kappa shape index (κ2) is 11.9. The molecule has 0 atom stereocenters. The summed E-state index contributed by atoms with van der Waals surface area (Å²) in [6.07, 6.45) is 10.8. The Labute approximate surface area is 207 Å². The van der Waals surface area contributed by atoms with Gasteiger partial charge >= 0.3 is 0 Å². The predicted molar refractivity (Wildman–Crippen MR) is 149 cm³/mol. The van der Waals surface area contributed by atoms with Crippen LogP contribution in [0, 0.1) is 0 Å². The minimum Gasteiger partial charge on any atom is -0.142 e. The molecule has 30 heavy (non-hydrogen) atoms. The SMILES string of the molecule is CCCCCCSC1=C(SCCCCCC)SC(=C2c3ccsc3-c3sccc32)S1. The van der Waals surface area contributed by atoms with E-state index in [-0.39, 0.29) is 0 Å². The third-order valence-corrected chi connectivity index (χ3v) is 13.0. The third-order valence-electron chi connectivity index (χ3n) is 5.28. The number of rotatable bonds is 12. The zero-order valence-electron chi connectivity index (χ0n) is 17.8. The summed E-state index contributed by atoms with van der Waals surface area (Å²) in [6, 6.07) is 4.67. The van der Waals surface area contributed by atoms with Gasteiger partial charge in [0.15, 0.2) is 0 Å². The van der Waals surface area contributed by atoms with Crippen LogP contribution in [0.2, 0.25) is 0 Å². The third kappa shape index (κ3) is 5.43. The van der Waals surface area contributed by atoms with E-state index >= 15 is 0 Å². The number of fused-ring (bicyclic) bond motifs is 3. The summed E-state index contributed by atoms with van der Waals surface area (Å²) < 4.78 is 4.65. The van der Waals surface area contributed by atoms with Gasteiger partial charge in [-0.15, -0.1) is 46.2 Å². The van der Waals surface area contributed by atoms with Gasteiger partial charge in [0.05, 0.1) is 22.5 Å². The minimum atomic E-state index is 1.26. The van der Waals surface area contributed by atoms with Gasteiger partial charge in [-0.1, -0.05) is 75.9 Å². The maximum Gasteiger partial charge on any atom is 0.0660 e. The molecule has 1 aliphatic carbocycles. The molecule has 2 aromatic heterocycles. The second-order valence-electron chi connectivity index (χ2n) is 7.59. The Kier molecular flexibility index (Phi) is 9.33. The summed E-state index contributed by atoms with van der Waals surface area (Å²) >= 11 is 12.1. The van der Waals surface area contributed by atoms with Crippen LogP contribution in [0.25, 0.3) is 15.3 Å². The molecule has 162 valence electrons. The normalized spacial score (nSPS) is 15.4. The van der Waals surface area contributed by atoms with Gasteiger partial charge in [0.1, 0.15) is 0 Å². The van der Waals surface area contributed by atoms with E-state index in [2.05, 4.69) is 83.8 Å². The molecule has 3 heterocycles. The fourth-order valence-corrected chi connectivity index (χ4v) is 11.8. The number of hydrogen-bond donors (Lipinski definition) is 0. The zero-order valence-corrected chi connectivity index (χ0v) is 22.7. The molecule has 0 bridgehead atoms. The molecule has 0 radical (unpaired) electrons. The molecule has 2 aromatic rings. The van der Waals surface area contributed by atoms with Crippen LogP contribution in [0.5, 0.6) is 0 Å². The van der Waals surface area contributed by atoms with Gasteiger partial charge in [0, 0.05) is 16.7 Å². The molecule has 6 heteroatoms. The standard InChI is InChI=1S/C24H30S6/c1-3-5-7-9-13-27-23-24(28-14-10-8-6-4-2)30-22(29-23)19-17-11-15-25-20(17)21-18(19)12-16-26-21/h11-12,15-16H,3-10,13-14H2,1-2H3. The van der Waals surface area contributed by atoms with E-state index in [9.17, 15) is 0 Å². The Balaban J connectivity index is 1.49. The van der Waals surface area contributed by atoms with Crippen molar-refractivity contribution in [1.29, 1.82) is 0 Å². The number of thiophene rings is 2. The molecule has 4 rings (SSSR count). The van der Waals surface area contributed by atoms with Gasteiger partial charge in [0.2, 0.25) is 0 Å². The predicted octanol–water partition coefficient (Wildman–Crippen LogP) is 10.7. The second-order valence-corrected chi connectivity index (χ2v) is 14.4. The highest BCUT2D eigenvalue weighted by Crippen LogP contribution is 2.63. The monoisotopic (exact) mass is 510 g/mol. The van der Waals surface area contributed by atoms with E-state index in [1.807, 2.05) is 22.7 Å².